The standard InChI is InChI=1S/C15H20N4O2/c1-2-19-8-7-17-15(19)9-11(18-16)14-10-20-12-5-3-4-6-13(12)21-14/h3-8,11,14,18H,2,9-10,16H2,1H3. The highest BCUT2D eigenvalue weighted by Gasteiger charge is 2.29. The number of aryl methyl sites for hydroxylation is 1. The van der Waals surface area contributed by atoms with Crippen molar-refractivity contribution < 1.29 is 9.47 Å². The van der Waals surface area contributed by atoms with Gasteiger partial charge in [-0.25, -0.2) is 4.98 Å². The lowest BCUT2D eigenvalue weighted by molar-refractivity contribution is 0.0612. The fourth-order valence-electron chi connectivity index (χ4n) is 2.55. The molecule has 2 unspecified atom stereocenters. The molecule has 21 heavy (non-hydrogen) atoms. The monoisotopic (exact) mass is 288 g/mol. The number of hydrogen-bond acceptors (Lipinski definition) is 5. The van der Waals surface area contributed by atoms with Crippen LogP contribution in [0.4, 0.5) is 0 Å². The number of para-hydroxylation sites is 2. The topological polar surface area (TPSA) is 74.3 Å². The van der Waals surface area contributed by atoms with Gasteiger partial charge in [0.15, 0.2) is 11.5 Å². The van der Waals surface area contributed by atoms with Crippen LogP contribution in [0, 0.1) is 0 Å². The number of imidazole rings is 1. The largest absolute Gasteiger partial charge is 0.486 e. The van der Waals surface area contributed by atoms with E-state index in [0.29, 0.717) is 13.0 Å². The fraction of sp³-hybridized carbons (Fsp3) is 0.400. The normalized spacial score (nSPS) is 18.5. The van der Waals surface area contributed by atoms with E-state index in [1.165, 1.54) is 0 Å². The Morgan fingerprint density at radius 3 is 3.00 bits per heavy atom. The summed E-state index contributed by atoms with van der Waals surface area (Å²) in [6, 6.07) is 7.60. The van der Waals surface area contributed by atoms with Crippen LogP contribution in [0.3, 0.4) is 0 Å². The summed E-state index contributed by atoms with van der Waals surface area (Å²) >= 11 is 0. The van der Waals surface area contributed by atoms with Crippen LogP contribution in [0.15, 0.2) is 36.7 Å². The molecule has 0 aliphatic carbocycles. The first-order chi connectivity index (χ1) is 10.3. The van der Waals surface area contributed by atoms with Crippen molar-refractivity contribution in [3.05, 3.63) is 42.5 Å². The molecule has 0 amide bonds. The molecule has 2 atom stereocenters. The van der Waals surface area contributed by atoms with Gasteiger partial charge in [-0.15, -0.1) is 0 Å². The van der Waals surface area contributed by atoms with E-state index >= 15 is 0 Å². The molecule has 6 heteroatoms. The summed E-state index contributed by atoms with van der Waals surface area (Å²) in [5.74, 6) is 8.23. The average Bonchev–Trinajstić information content (AvgIpc) is 2.99. The van der Waals surface area contributed by atoms with Crippen molar-refractivity contribution in [2.45, 2.75) is 32.0 Å². The van der Waals surface area contributed by atoms with Crippen LogP contribution >= 0.6 is 0 Å². The van der Waals surface area contributed by atoms with Crippen LogP contribution in [0.5, 0.6) is 11.5 Å². The lowest BCUT2D eigenvalue weighted by Crippen LogP contribution is -2.52. The predicted molar refractivity (Wildman–Crippen MR) is 79.1 cm³/mol. The number of benzene rings is 1. The number of nitrogens with zero attached hydrogens (tertiary/aromatic N) is 2. The van der Waals surface area contributed by atoms with E-state index in [4.69, 9.17) is 15.3 Å². The summed E-state index contributed by atoms with van der Waals surface area (Å²) in [5, 5.41) is 0. The van der Waals surface area contributed by atoms with Gasteiger partial charge in [0, 0.05) is 25.4 Å². The molecule has 0 fully saturated rings. The second-order valence-corrected chi connectivity index (χ2v) is 5.02. The summed E-state index contributed by atoms with van der Waals surface area (Å²) in [7, 11) is 0. The molecule has 2 aromatic rings. The lowest BCUT2D eigenvalue weighted by Gasteiger charge is -2.31. The van der Waals surface area contributed by atoms with Crippen LogP contribution in [0.1, 0.15) is 12.7 Å². The van der Waals surface area contributed by atoms with Crippen molar-refractivity contribution in [2.75, 3.05) is 6.61 Å². The summed E-state index contributed by atoms with van der Waals surface area (Å²) in [5.41, 5.74) is 2.83. The number of nitrogens with two attached hydrogens (primary N) is 1. The van der Waals surface area contributed by atoms with Crippen LogP contribution in [-0.4, -0.2) is 28.3 Å². The Morgan fingerprint density at radius 2 is 2.24 bits per heavy atom. The second kappa shape index (κ2) is 6.15. The molecule has 2 heterocycles. The first-order valence-corrected chi connectivity index (χ1v) is 7.16. The minimum atomic E-state index is -0.146. The summed E-state index contributed by atoms with van der Waals surface area (Å²) < 4.78 is 13.8. The van der Waals surface area contributed by atoms with Crippen molar-refractivity contribution in [2.24, 2.45) is 5.84 Å². The van der Waals surface area contributed by atoms with Crippen LogP contribution in [-0.2, 0) is 13.0 Å². The highest BCUT2D eigenvalue weighted by Crippen LogP contribution is 2.31. The van der Waals surface area contributed by atoms with Gasteiger partial charge < -0.3 is 14.0 Å². The van der Waals surface area contributed by atoms with E-state index in [0.717, 1.165) is 23.9 Å². The van der Waals surface area contributed by atoms with Crippen molar-refractivity contribution in [1.29, 1.82) is 0 Å². The van der Waals surface area contributed by atoms with Gasteiger partial charge in [-0.05, 0) is 19.1 Å². The number of fused-ring (bicyclic) bond motifs is 1. The molecular formula is C15H20N4O2. The summed E-state index contributed by atoms with van der Waals surface area (Å²) in [6.45, 7) is 3.45. The molecule has 112 valence electrons. The molecule has 0 spiro atoms. The molecule has 0 saturated heterocycles. The van der Waals surface area contributed by atoms with Crippen molar-refractivity contribution in [1.82, 2.24) is 15.0 Å². The minimum absolute atomic E-state index is 0.0638. The molecule has 1 aliphatic heterocycles. The van der Waals surface area contributed by atoms with E-state index in [9.17, 15) is 0 Å². The molecule has 0 saturated carbocycles. The van der Waals surface area contributed by atoms with E-state index in [1.54, 1.807) is 6.20 Å². The molecule has 6 nitrogen and oxygen atoms in total. The zero-order valence-electron chi connectivity index (χ0n) is 12.0. The van der Waals surface area contributed by atoms with Gasteiger partial charge in [-0.2, -0.15) is 0 Å². The molecule has 0 bridgehead atoms. The van der Waals surface area contributed by atoms with Crippen molar-refractivity contribution in [3.8, 4) is 11.5 Å². The predicted octanol–water partition coefficient (Wildman–Crippen LogP) is 1.12. The van der Waals surface area contributed by atoms with Gasteiger partial charge in [0.05, 0.1) is 6.04 Å². The Hall–Kier alpha value is -2.05. The van der Waals surface area contributed by atoms with Crippen molar-refractivity contribution >= 4 is 0 Å². The molecule has 3 rings (SSSR count). The molecule has 0 radical (unpaired) electrons. The van der Waals surface area contributed by atoms with E-state index < -0.39 is 0 Å². The molecule has 3 N–H and O–H groups in total. The zero-order chi connectivity index (χ0) is 14.7. The van der Waals surface area contributed by atoms with Gasteiger partial charge >= 0.3 is 0 Å². The van der Waals surface area contributed by atoms with Crippen LogP contribution in [0.2, 0.25) is 0 Å². The molecular weight excluding hydrogens is 268 g/mol. The Morgan fingerprint density at radius 1 is 1.43 bits per heavy atom. The number of hydrazine groups is 1. The number of hydrogen-bond donors (Lipinski definition) is 2. The lowest BCUT2D eigenvalue weighted by atomic mass is 10.1. The van der Waals surface area contributed by atoms with E-state index in [-0.39, 0.29) is 12.1 Å². The first kappa shape index (κ1) is 13.9. The van der Waals surface area contributed by atoms with Gasteiger partial charge in [-0.3, -0.25) is 11.3 Å². The number of nitrogens with one attached hydrogen (secondary N) is 1. The molecule has 1 aliphatic rings. The quantitative estimate of drug-likeness (QED) is 0.637. The second-order valence-electron chi connectivity index (χ2n) is 5.02. The molecule has 1 aromatic heterocycles. The third kappa shape index (κ3) is 2.86. The van der Waals surface area contributed by atoms with Gasteiger partial charge in [0.2, 0.25) is 0 Å². The maximum absolute atomic E-state index is 6.00. The highest BCUT2D eigenvalue weighted by molar-refractivity contribution is 5.40. The number of rotatable bonds is 5. The van der Waals surface area contributed by atoms with Crippen LogP contribution in [0.25, 0.3) is 0 Å². The van der Waals surface area contributed by atoms with Gasteiger partial charge in [0.1, 0.15) is 18.5 Å². The average molecular weight is 288 g/mol. The van der Waals surface area contributed by atoms with E-state index in [2.05, 4.69) is 21.9 Å². The Bertz CT molecular complexity index is 599. The summed E-state index contributed by atoms with van der Waals surface area (Å²) in [4.78, 5) is 4.38. The maximum atomic E-state index is 6.00. The van der Waals surface area contributed by atoms with Crippen molar-refractivity contribution in [3.63, 3.8) is 0 Å². The number of aromatic nitrogens is 2. The Kier molecular flexibility index (Phi) is 4.08. The highest BCUT2D eigenvalue weighted by atomic mass is 16.6. The number of ether oxygens (including phenoxy) is 2. The minimum Gasteiger partial charge on any atom is -0.486 e. The third-order valence-electron chi connectivity index (χ3n) is 3.74. The van der Waals surface area contributed by atoms with E-state index in [1.807, 2.05) is 30.5 Å². The van der Waals surface area contributed by atoms with Gasteiger partial charge in [0.25, 0.3) is 0 Å². The Balaban J connectivity index is 1.73. The third-order valence-corrected chi connectivity index (χ3v) is 3.74. The van der Waals surface area contributed by atoms with Gasteiger partial charge in [-0.1, -0.05) is 12.1 Å². The SMILES string of the molecule is CCn1ccnc1CC(NN)C1COc2ccccc2O1. The summed E-state index contributed by atoms with van der Waals surface area (Å²) in [6.07, 6.45) is 4.32. The maximum Gasteiger partial charge on any atom is 0.161 e. The zero-order valence-corrected chi connectivity index (χ0v) is 12.0. The Labute approximate surface area is 123 Å². The van der Waals surface area contributed by atoms with Crippen LogP contribution < -0.4 is 20.7 Å². The fourth-order valence-corrected chi connectivity index (χ4v) is 2.55. The molecule has 1 aromatic carbocycles. The smallest absolute Gasteiger partial charge is 0.161 e. The first-order valence-electron chi connectivity index (χ1n) is 7.16.